The van der Waals surface area contributed by atoms with E-state index in [4.69, 9.17) is 14.2 Å². The lowest BCUT2D eigenvalue weighted by molar-refractivity contribution is 0.0374. The standard InChI is InChI=1S/C23H31BrN2O3.2ClH/c1-18-4-6-19(7-5-18)17-29-23-21(24)14-20(15-22(23)27-2)16-25-8-3-9-26-10-12-28-13-11-26;;/h4-7,14-15,25H,3,8-13,16-17H2,1-2H3;2*1H. The Morgan fingerprint density at radius 2 is 1.77 bits per heavy atom. The maximum absolute atomic E-state index is 6.04. The Kier molecular flexibility index (Phi) is 13.5. The molecular formula is C23H33BrCl2N2O3. The maximum Gasteiger partial charge on any atom is 0.175 e. The first-order valence-electron chi connectivity index (χ1n) is 10.2. The van der Waals surface area contributed by atoms with Crippen LogP contribution in [0, 0.1) is 6.92 Å². The van der Waals surface area contributed by atoms with Crippen LogP contribution in [0.1, 0.15) is 23.1 Å². The number of rotatable bonds is 10. The van der Waals surface area contributed by atoms with Crippen LogP contribution in [0.4, 0.5) is 0 Å². The smallest absolute Gasteiger partial charge is 0.175 e. The lowest BCUT2D eigenvalue weighted by atomic mass is 10.1. The van der Waals surface area contributed by atoms with E-state index >= 15 is 0 Å². The normalized spacial score (nSPS) is 13.8. The topological polar surface area (TPSA) is 43.0 Å². The average molecular weight is 536 g/mol. The molecule has 0 aromatic heterocycles. The average Bonchev–Trinajstić information content (AvgIpc) is 2.74. The van der Waals surface area contributed by atoms with Crippen LogP contribution in [0.25, 0.3) is 0 Å². The van der Waals surface area contributed by atoms with Gasteiger partial charge in [-0.3, -0.25) is 4.90 Å². The second kappa shape index (κ2) is 14.9. The molecule has 1 aliphatic heterocycles. The third kappa shape index (κ3) is 9.16. The molecule has 0 amide bonds. The molecule has 0 saturated carbocycles. The number of morpholine rings is 1. The fourth-order valence-corrected chi connectivity index (χ4v) is 3.94. The minimum absolute atomic E-state index is 0. The molecule has 0 bridgehead atoms. The predicted molar refractivity (Wildman–Crippen MR) is 134 cm³/mol. The third-order valence-corrected chi connectivity index (χ3v) is 5.64. The van der Waals surface area contributed by atoms with E-state index in [-0.39, 0.29) is 24.8 Å². The van der Waals surface area contributed by atoms with Crippen molar-refractivity contribution in [1.82, 2.24) is 10.2 Å². The summed E-state index contributed by atoms with van der Waals surface area (Å²) in [7, 11) is 1.68. The number of ether oxygens (including phenoxy) is 3. The molecule has 0 spiro atoms. The summed E-state index contributed by atoms with van der Waals surface area (Å²) >= 11 is 3.65. The van der Waals surface area contributed by atoms with Crippen LogP contribution >= 0.6 is 40.7 Å². The third-order valence-electron chi connectivity index (χ3n) is 5.05. The molecule has 0 unspecified atom stereocenters. The molecule has 1 N–H and O–H groups in total. The SMILES string of the molecule is COc1cc(CNCCCN2CCOCC2)cc(Br)c1OCc1ccc(C)cc1.Cl.Cl. The number of aryl methyl sites for hydroxylation is 1. The van der Waals surface area contributed by atoms with Crippen molar-refractivity contribution in [3.05, 3.63) is 57.6 Å². The highest BCUT2D eigenvalue weighted by Gasteiger charge is 2.13. The zero-order chi connectivity index (χ0) is 20.5. The van der Waals surface area contributed by atoms with Crippen molar-refractivity contribution in [3.63, 3.8) is 0 Å². The molecule has 31 heavy (non-hydrogen) atoms. The van der Waals surface area contributed by atoms with Crippen LogP contribution in [0.5, 0.6) is 11.5 Å². The van der Waals surface area contributed by atoms with E-state index in [1.54, 1.807) is 7.11 Å². The van der Waals surface area contributed by atoms with E-state index in [9.17, 15) is 0 Å². The van der Waals surface area contributed by atoms with Gasteiger partial charge in [-0.25, -0.2) is 0 Å². The van der Waals surface area contributed by atoms with Crippen LogP contribution in [0.2, 0.25) is 0 Å². The van der Waals surface area contributed by atoms with Crippen LogP contribution in [0.3, 0.4) is 0 Å². The Morgan fingerprint density at radius 3 is 2.45 bits per heavy atom. The molecule has 1 saturated heterocycles. The van der Waals surface area contributed by atoms with E-state index in [2.05, 4.69) is 63.4 Å². The van der Waals surface area contributed by atoms with Crippen molar-refractivity contribution in [2.75, 3.05) is 46.5 Å². The molecule has 2 aromatic rings. The molecule has 174 valence electrons. The Labute approximate surface area is 206 Å². The van der Waals surface area contributed by atoms with Crippen LogP contribution < -0.4 is 14.8 Å². The summed E-state index contributed by atoms with van der Waals surface area (Å²) in [6.07, 6.45) is 1.13. The van der Waals surface area contributed by atoms with Gasteiger partial charge >= 0.3 is 0 Å². The van der Waals surface area contributed by atoms with E-state index < -0.39 is 0 Å². The Bertz CT molecular complexity index is 772. The van der Waals surface area contributed by atoms with Crippen LogP contribution in [0.15, 0.2) is 40.9 Å². The predicted octanol–water partition coefficient (Wildman–Crippen LogP) is 5.00. The number of halogens is 3. The van der Waals surface area contributed by atoms with E-state index in [1.165, 1.54) is 11.1 Å². The minimum atomic E-state index is 0. The Hall–Kier alpha value is -1.02. The van der Waals surface area contributed by atoms with Crippen LogP contribution in [-0.2, 0) is 17.9 Å². The van der Waals surface area contributed by atoms with Gasteiger partial charge in [0.2, 0.25) is 0 Å². The zero-order valence-electron chi connectivity index (χ0n) is 18.2. The van der Waals surface area contributed by atoms with Gasteiger partial charge in [0, 0.05) is 19.6 Å². The van der Waals surface area contributed by atoms with Gasteiger partial charge in [-0.1, -0.05) is 29.8 Å². The molecule has 3 rings (SSSR count). The van der Waals surface area contributed by atoms with Crippen molar-refractivity contribution in [2.24, 2.45) is 0 Å². The quantitative estimate of drug-likeness (QED) is 0.433. The monoisotopic (exact) mass is 534 g/mol. The van der Waals surface area contributed by atoms with Gasteiger partial charge in [-0.05, 0) is 65.6 Å². The second-order valence-corrected chi connectivity index (χ2v) is 8.22. The van der Waals surface area contributed by atoms with Crippen LogP contribution in [-0.4, -0.2) is 51.4 Å². The molecule has 5 nitrogen and oxygen atoms in total. The van der Waals surface area contributed by atoms with Crippen molar-refractivity contribution in [3.8, 4) is 11.5 Å². The second-order valence-electron chi connectivity index (χ2n) is 7.37. The number of nitrogens with zero attached hydrogens (tertiary/aromatic N) is 1. The Balaban J connectivity index is 0.00000240. The van der Waals surface area contributed by atoms with Gasteiger partial charge in [0.05, 0.1) is 24.8 Å². The van der Waals surface area contributed by atoms with E-state index in [1.807, 2.05) is 6.07 Å². The summed E-state index contributed by atoms with van der Waals surface area (Å²) in [5.74, 6) is 1.49. The first-order valence-corrected chi connectivity index (χ1v) is 11.0. The van der Waals surface area contributed by atoms with Gasteiger partial charge in [-0.2, -0.15) is 0 Å². The van der Waals surface area contributed by atoms with E-state index in [0.29, 0.717) is 6.61 Å². The van der Waals surface area contributed by atoms with Crippen molar-refractivity contribution in [1.29, 1.82) is 0 Å². The molecule has 2 aromatic carbocycles. The van der Waals surface area contributed by atoms with Crippen molar-refractivity contribution < 1.29 is 14.2 Å². The summed E-state index contributed by atoms with van der Waals surface area (Å²) in [6.45, 7) is 9.32. The van der Waals surface area contributed by atoms with Gasteiger partial charge in [0.25, 0.3) is 0 Å². The summed E-state index contributed by atoms with van der Waals surface area (Å²) in [4.78, 5) is 2.46. The molecule has 1 heterocycles. The van der Waals surface area contributed by atoms with E-state index in [0.717, 1.165) is 73.9 Å². The molecular weight excluding hydrogens is 503 g/mol. The zero-order valence-corrected chi connectivity index (χ0v) is 21.4. The van der Waals surface area contributed by atoms with Gasteiger partial charge in [0.1, 0.15) is 6.61 Å². The lowest BCUT2D eigenvalue weighted by Gasteiger charge is -2.26. The van der Waals surface area contributed by atoms with Gasteiger partial charge in [-0.15, -0.1) is 24.8 Å². The van der Waals surface area contributed by atoms with Gasteiger partial charge < -0.3 is 19.5 Å². The first kappa shape index (κ1) is 28.0. The molecule has 0 aliphatic carbocycles. The highest BCUT2D eigenvalue weighted by Crippen LogP contribution is 2.37. The fourth-order valence-electron chi connectivity index (χ4n) is 3.34. The van der Waals surface area contributed by atoms with Gasteiger partial charge in [0.15, 0.2) is 11.5 Å². The minimum Gasteiger partial charge on any atom is -0.493 e. The number of hydrogen-bond acceptors (Lipinski definition) is 5. The number of hydrogen-bond donors (Lipinski definition) is 1. The van der Waals surface area contributed by atoms with Crippen molar-refractivity contribution in [2.45, 2.75) is 26.5 Å². The highest BCUT2D eigenvalue weighted by molar-refractivity contribution is 9.10. The molecule has 0 atom stereocenters. The molecule has 8 heteroatoms. The first-order chi connectivity index (χ1) is 14.2. The highest BCUT2D eigenvalue weighted by atomic mass is 79.9. The number of methoxy groups -OCH3 is 1. The molecule has 0 radical (unpaired) electrons. The summed E-state index contributed by atoms with van der Waals surface area (Å²) in [5, 5.41) is 3.53. The largest absolute Gasteiger partial charge is 0.493 e. The summed E-state index contributed by atoms with van der Waals surface area (Å²) in [5.41, 5.74) is 3.55. The summed E-state index contributed by atoms with van der Waals surface area (Å²) < 4.78 is 17.9. The Morgan fingerprint density at radius 1 is 1.06 bits per heavy atom. The number of benzene rings is 2. The molecule has 1 aliphatic rings. The summed E-state index contributed by atoms with van der Waals surface area (Å²) in [6, 6.07) is 12.5. The maximum atomic E-state index is 6.04. The molecule has 1 fully saturated rings. The van der Waals surface area contributed by atoms with Crippen molar-refractivity contribution >= 4 is 40.7 Å². The lowest BCUT2D eigenvalue weighted by Crippen LogP contribution is -2.37. The number of nitrogens with one attached hydrogen (secondary N) is 1. The fraction of sp³-hybridized carbons (Fsp3) is 0.478.